The van der Waals surface area contributed by atoms with Crippen molar-refractivity contribution in [1.29, 1.82) is 0 Å². The van der Waals surface area contributed by atoms with Crippen LogP contribution in [0.2, 0.25) is 137 Å². The van der Waals surface area contributed by atoms with Crippen LogP contribution in [0.25, 0.3) is 0 Å². The molecule has 0 aliphatic heterocycles. The molecule has 0 N–H and O–H groups in total. The van der Waals surface area contributed by atoms with Gasteiger partial charge in [0.1, 0.15) is 0 Å². The predicted octanol–water partition coefficient (Wildman–Crippen LogP) is 12.7. The summed E-state index contributed by atoms with van der Waals surface area (Å²) < 4.78 is 2.37. The fourth-order valence-corrected chi connectivity index (χ4v) is 80.5. The molecule has 2 aromatic rings. The Morgan fingerprint density at radius 1 is 0.479 bits per heavy atom. The predicted molar refractivity (Wildman–Crippen MR) is 250 cm³/mol. The Kier molecular flexibility index (Phi) is 13.9. The van der Waals surface area contributed by atoms with E-state index in [1.807, 2.05) is 20.0 Å². The Hall–Kier alpha value is 1.14. The summed E-state index contributed by atoms with van der Waals surface area (Å²) in [6, 6.07) is 10.9. The van der Waals surface area contributed by atoms with Gasteiger partial charge in [-0.3, -0.25) is 0 Å². The molecule has 0 fully saturated rings. The van der Waals surface area contributed by atoms with Gasteiger partial charge in [-0.15, -0.1) is 0 Å². The van der Waals surface area contributed by atoms with Crippen LogP contribution in [-0.4, -0.2) is 78.6 Å². The third-order valence-electron chi connectivity index (χ3n) is 10.9. The summed E-state index contributed by atoms with van der Waals surface area (Å²) in [6.45, 7) is 64.6. The standard InChI is InChI=1S/C30H67Si7.C9H11P.Bi/c1-31(2,3)28(32(4,5)6)25-22-26(29(33(7,8)9)34(10,11)12)24-27(23-25)30(35(13,14)15,36(16,17)18)37(19,20)21;1-6-4-7(2)9(10)8(3)5-6;/h23-24,28-29H,1-21H3;4-5H,1-3H3;. The molecule has 0 aliphatic carbocycles. The Balaban J connectivity index is 3.56. The van der Waals surface area contributed by atoms with Gasteiger partial charge in [0, 0.05) is 0 Å². The summed E-state index contributed by atoms with van der Waals surface area (Å²) in [5.74, 6) is 0. The van der Waals surface area contributed by atoms with Gasteiger partial charge in [0.25, 0.3) is 0 Å². The maximum atomic E-state index is 3.01. The van der Waals surface area contributed by atoms with Gasteiger partial charge >= 0.3 is 323 Å². The molecule has 0 saturated heterocycles. The van der Waals surface area contributed by atoms with Crippen LogP contribution < -0.4 is 8.58 Å². The average Bonchev–Trinajstić information content (AvgIpc) is 2.73. The molecule has 0 saturated carbocycles. The SMILES string of the molecule is Cc1cc(C)c([P]=[Bi][c]2c(C([Si](C)(C)C)[Si](C)(C)C)cc(C([Si](C)(C)C)([Si](C)(C)C)[Si](C)(C)C)cc2C([Si](C)(C)C)[Si](C)(C)C)c(C)c1. The second kappa shape index (κ2) is 14.8. The maximum absolute atomic E-state index is 3.01. The number of aryl methyl sites for hydroxylation is 3. The molecule has 48 heavy (non-hydrogen) atoms. The molecular formula is C39H78BiPSi7. The van der Waals surface area contributed by atoms with Crippen molar-refractivity contribution in [2.24, 2.45) is 0 Å². The fourth-order valence-electron chi connectivity index (χ4n) is 12.0. The number of rotatable bonds is 12. The van der Waals surface area contributed by atoms with Crippen molar-refractivity contribution < 1.29 is 0 Å². The Bertz CT molecular complexity index is 1360. The number of hydrogen-bond acceptors (Lipinski definition) is 0. The van der Waals surface area contributed by atoms with E-state index >= 15 is 0 Å². The van der Waals surface area contributed by atoms with Crippen molar-refractivity contribution in [1.82, 2.24) is 0 Å². The quantitative estimate of drug-likeness (QED) is 0.147. The Labute approximate surface area is 320 Å². The second-order valence-electron chi connectivity index (χ2n) is 22.8. The zero-order valence-corrected chi connectivity index (χ0v) is 47.7. The van der Waals surface area contributed by atoms with E-state index < -0.39 is 78.6 Å². The minimum absolute atomic E-state index is 0.399. The van der Waals surface area contributed by atoms with Gasteiger partial charge in [-0.25, -0.2) is 0 Å². The van der Waals surface area contributed by atoms with E-state index in [2.05, 4.69) is 183 Å². The Morgan fingerprint density at radius 2 is 0.771 bits per heavy atom. The van der Waals surface area contributed by atoms with Crippen LogP contribution in [0.5, 0.6) is 0 Å². The van der Waals surface area contributed by atoms with Crippen LogP contribution in [0, 0.1) is 20.8 Å². The minimum atomic E-state index is -1.67. The molecule has 0 amide bonds. The molecule has 9 heteroatoms. The van der Waals surface area contributed by atoms with Gasteiger partial charge < -0.3 is 0 Å². The second-order valence-corrected chi connectivity index (χ2v) is 69.7. The molecule has 0 aromatic heterocycles. The first-order chi connectivity index (χ1) is 21.0. The number of hydrogen-bond donors (Lipinski definition) is 0. The molecule has 0 nitrogen and oxygen atoms in total. The molecule has 0 spiro atoms. The summed E-state index contributed by atoms with van der Waals surface area (Å²) in [6.07, 6.45) is 0. The van der Waals surface area contributed by atoms with Crippen molar-refractivity contribution in [3.05, 3.63) is 57.6 Å². The molecule has 0 aliphatic rings. The van der Waals surface area contributed by atoms with E-state index in [9.17, 15) is 0 Å². The Morgan fingerprint density at radius 3 is 1.02 bits per heavy atom. The molecule has 0 heterocycles. The van der Waals surface area contributed by atoms with Crippen LogP contribution in [0.15, 0.2) is 24.3 Å². The molecule has 0 bridgehead atoms. The summed E-state index contributed by atoms with van der Waals surface area (Å²) in [5.41, 5.74) is 10.1. The van der Waals surface area contributed by atoms with E-state index in [-0.39, 0.29) is 0 Å². The fraction of sp³-hybridized carbons (Fsp3) is 0.692. The van der Waals surface area contributed by atoms with Crippen LogP contribution in [0.1, 0.15) is 43.7 Å². The van der Waals surface area contributed by atoms with Gasteiger partial charge in [-0.2, -0.15) is 0 Å². The van der Waals surface area contributed by atoms with Crippen molar-refractivity contribution in [3.63, 3.8) is 0 Å². The van der Waals surface area contributed by atoms with Crippen molar-refractivity contribution in [2.75, 3.05) is 0 Å². The van der Waals surface area contributed by atoms with Gasteiger partial charge in [0.05, 0.1) is 0 Å². The molecule has 272 valence electrons. The van der Waals surface area contributed by atoms with Gasteiger partial charge in [0.15, 0.2) is 0 Å². The van der Waals surface area contributed by atoms with Crippen molar-refractivity contribution in [3.8, 4) is 0 Å². The average molecular weight is 984 g/mol. The third-order valence-corrected chi connectivity index (χ3v) is 59.7. The summed E-state index contributed by atoms with van der Waals surface area (Å²) in [5, 5.41) is 4.88. The first-order valence-corrected chi connectivity index (χ1v) is 50.7. The van der Waals surface area contributed by atoms with Crippen LogP contribution in [-0.2, 0) is 4.28 Å². The van der Waals surface area contributed by atoms with Crippen molar-refractivity contribution >= 4 is 92.6 Å². The van der Waals surface area contributed by atoms with Gasteiger partial charge in [-0.05, 0) is 0 Å². The molecule has 0 atom stereocenters. The first-order valence-electron chi connectivity index (χ1n) is 18.7. The van der Waals surface area contributed by atoms with E-state index in [1.165, 1.54) is 16.7 Å². The zero-order chi connectivity index (χ0) is 38.0. The molecule has 0 unspecified atom stereocenters. The van der Waals surface area contributed by atoms with Gasteiger partial charge in [0.2, 0.25) is 0 Å². The van der Waals surface area contributed by atoms with Gasteiger partial charge in [-0.1, -0.05) is 0 Å². The van der Waals surface area contributed by atoms with Crippen LogP contribution >= 0.6 is 5.40 Å². The summed E-state index contributed by atoms with van der Waals surface area (Å²) in [4.78, 5) is 0. The van der Waals surface area contributed by atoms with Crippen LogP contribution in [0.3, 0.4) is 0 Å². The first kappa shape index (κ1) is 45.3. The topological polar surface area (TPSA) is 0 Å². The molecule has 0 radical (unpaired) electrons. The monoisotopic (exact) mass is 982 g/mol. The number of benzene rings is 2. The normalized spacial score (nSPS) is 15.0. The molecule has 2 rings (SSSR count). The molecule has 2 aromatic carbocycles. The van der Waals surface area contributed by atoms with E-state index in [0.717, 1.165) is 10.3 Å². The third kappa shape index (κ3) is 9.43. The molecular weight excluding hydrogens is 905 g/mol. The zero-order valence-electron chi connectivity index (χ0n) is 36.4. The summed E-state index contributed by atoms with van der Waals surface area (Å²) in [7, 11) is -11.3. The van der Waals surface area contributed by atoms with E-state index in [1.54, 1.807) is 10.7 Å². The van der Waals surface area contributed by atoms with Crippen LogP contribution in [0.4, 0.5) is 0 Å². The van der Waals surface area contributed by atoms with Crippen molar-refractivity contribution in [2.45, 2.75) is 173 Å². The van der Waals surface area contributed by atoms with E-state index in [0.29, 0.717) is 4.28 Å². The summed E-state index contributed by atoms with van der Waals surface area (Å²) >= 11 is -1.14. The van der Waals surface area contributed by atoms with E-state index in [4.69, 9.17) is 0 Å².